The molecular formula is C16H24N4S. The molecule has 2 heterocycles. The van der Waals surface area contributed by atoms with E-state index in [1.807, 2.05) is 5.38 Å². The lowest BCUT2D eigenvalue weighted by Gasteiger charge is -2.31. The summed E-state index contributed by atoms with van der Waals surface area (Å²) in [7, 11) is 0. The van der Waals surface area contributed by atoms with Crippen molar-refractivity contribution in [2.45, 2.75) is 46.0 Å². The number of thiophene rings is 1. The molecule has 0 amide bonds. The Labute approximate surface area is 130 Å². The fourth-order valence-electron chi connectivity index (χ4n) is 3.72. The van der Waals surface area contributed by atoms with Crippen molar-refractivity contribution in [3.63, 3.8) is 0 Å². The van der Waals surface area contributed by atoms with Gasteiger partial charge in [0.05, 0.1) is 5.39 Å². The number of aromatic nitrogens is 2. The lowest BCUT2D eigenvalue weighted by molar-refractivity contribution is 0.252. The van der Waals surface area contributed by atoms with Gasteiger partial charge in [-0.2, -0.15) is 4.98 Å². The van der Waals surface area contributed by atoms with Gasteiger partial charge >= 0.3 is 0 Å². The molecule has 1 saturated carbocycles. The molecule has 114 valence electrons. The van der Waals surface area contributed by atoms with Crippen LogP contribution in [0.3, 0.4) is 0 Å². The molecule has 5 heteroatoms. The maximum Gasteiger partial charge on any atom is 0.223 e. The summed E-state index contributed by atoms with van der Waals surface area (Å²) in [5.74, 6) is 1.99. The van der Waals surface area contributed by atoms with Gasteiger partial charge in [0.15, 0.2) is 0 Å². The molecule has 1 fully saturated rings. The van der Waals surface area contributed by atoms with Gasteiger partial charge in [-0.25, -0.2) is 4.98 Å². The van der Waals surface area contributed by atoms with E-state index < -0.39 is 0 Å². The minimum Gasteiger partial charge on any atom is -0.369 e. The minimum atomic E-state index is 0.358. The number of nitrogens with one attached hydrogen (secondary N) is 1. The zero-order valence-corrected chi connectivity index (χ0v) is 13.7. The first-order valence-corrected chi connectivity index (χ1v) is 8.71. The first kappa shape index (κ1) is 14.6. The van der Waals surface area contributed by atoms with E-state index in [1.54, 1.807) is 11.3 Å². The summed E-state index contributed by atoms with van der Waals surface area (Å²) >= 11 is 1.61. The van der Waals surface area contributed by atoms with Crippen molar-refractivity contribution in [2.24, 2.45) is 11.3 Å². The van der Waals surface area contributed by atoms with Crippen LogP contribution in [-0.2, 0) is 0 Å². The number of rotatable bonds is 5. The zero-order valence-electron chi connectivity index (χ0n) is 12.9. The summed E-state index contributed by atoms with van der Waals surface area (Å²) in [4.78, 5) is 9.66. The van der Waals surface area contributed by atoms with Crippen molar-refractivity contribution in [1.29, 1.82) is 0 Å². The molecule has 2 aromatic heterocycles. The predicted molar refractivity (Wildman–Crippen MR) is 90.7 cm³/mol. The molecule has 3 N–H and O–H groups in total. The third kappa shape index (κ3) is 3.12. The van der Waals surface area contributed by atoms with Crippen molar-refractivity contribution >= 4 is 33.3 Å². The lowest BCUT2D eigenvalue weighted by atomic mass is 9.78. The number of hydrogen-bond acceptors (Lipinski definition) is 5. The second kappa shape index (κ2) is 5.79. The van der Waals surface area contributed by atoms with Crippen LogP contribution >= 0.6 is 11.3 Å². The topological polar surface area (TPSA) is 63.8 Å². The summed E-state index contributed by atoms with van der Waals surface area (Å²) in [6, 6.07) is 2.07. The quantitative estimate of drug-likeness (QED) is 0.865. The van der Waals surface area contributed by atoms with Crippen LogP contribution in [0.15, 0.2) is 11.4 Å². The highest BCUT2D eigenvalue weighted by molar-refractivity contribution is 7.16. The summed E-state index contributed by atoms with van der Waals surface area (Å²) in [5, 5.41) is 6.71. The summed E-state index contributed by atoms with van der Waals surface area (Å²) in [6.07, 6.45) is 6.65. The van der Waals surface area contributed by atoms with E-state index in [-0.39, 0.29) is 0 Å². The largest absolute Gasteiger partial charge is 0.369 e. The standard InChI is InChI=1S/C16H24N4S/c1-11(2)9-16(6-3-4-7-16)10-18-13-12-5-8-21-14(12)20-15(17)19-13/h5,8,11H,3-4,6-7,9-10H2,1-2H3,(H3,17,18,19,20). The molecule has 0 unspecified atom stereocenters. The molecule has 0 aliphatic heterocycles. The molecule has 21 heavy (non-hydrogen) atoms. The first-order valence-electron chi connectivity index (χ1n) is 7.83. The normalized spacial score (nSPS) is 17.7. The summed E-state index contributed by atoms with van der Waals surface area (Å²) < 4.78 is 0. The average molecular weight is 304 g/mol. The van der Waals surface area contributed by atoms with Gasteiger partial charge in [-0.1, -0.05) is 26.7 Å². The van der Waals surface area contributed by atoms with Gasteiger partial charge in [-0.15, -0.1) is 11.3 Å². The van der Waals surface area contributed by atoms with Crippen molar-refractivity contribution in [3.05, 3.63) is 11.4 Å². The number of anilines is 2. The third-order valence-corrected chi connectivity index (χ3v) is 5.29. The Kier molecular flexibility index (Phi) is 4.02. The Bertz CT molecular complexity index is 614. The highest BCUT2D eigenvalue weighted by Gasteiger charge is 2.34. The van der Waals surface area contributed by atoms with Gasteiger partial charge < -0.3 is 11.1 Å². The smallest absolute Gasteiger partial charge is 0.223 e. The average Bonchev–Trinajstić information content (AvgIpc) is 3.04. The lowest BCUT2D eigenvalue weighted by Crippen LogP contribution is -2.29. The summed E-state index contributed by atoms with van der Waals surface area (Å²) in [5.41, 5.74) is 6.25. The van der Waals surface area contributed by atoms with Crippen molar-refractivity contribution in [1.82, 2.24) is 9.97 Å². The molecular weight excluding hydrogens is 280 g/mol. The van der Waals surface area contributed by atoms with Crippen LogP contribution in [0.4, 0.5) is 11.8 Å². The van der Waals surface area contributed by atoms with Crippen molar-refractivity contribution < 1.29 is 0 Å². The van der Waals surface area contributed by atoms with E-state index in [0.717, 1.165) is 28.5 Å². The van der Waals surface area contributed by atoms with E-state index in [4.69, 9.17) is 5.73 Å². The Hall–Kier alpha value is -1.36. The second-order valence-corrected chi connectivity index (χ2v) is 7.62. The van der Waals surface area contributed by atoms with E-state index in [2.05, 4.69) is 35.2 Å². The van der Waals surface area contributed by atoms with Gasteiger partial charge in [-0.05, 0) is 42.0 Å². The predicted octanol–water partition coefficient (Wildman–Crippen LogP) is 4.29. The number of hydrogen-bond donors (Lipinski definition) is 2. The Morgan fingerprint density at radius 2 is 2.10 bits per heavy atom. The number of nitrogen functional groups attached to an aromatic ring is 1. The highest BCUT2D eigenvalue weighted by atomic mass is 32.1. The van der Waals surface area contributed by atoms with Crippen LogP contribution in [0, 0.1) is 11.3 Å². The molecule has 0 radical (unpaired) electrons. The fourth-order valence-corrected chi connectivity index (χ4v) is 4.49. The Balaban J connectivity index is 1.80. The van der Waals surface area contributed by atoms with E-state index in [1.165, 1.54) is 32.1 Å². The molecule has 0 spiro atoms. The van der Waals surface area contributed by atoms with Gasteiger partial charge in [0, 0.05) is 6.54 Å². The maximum absolute atomic E-state index is 5.83. The van der Waals surface area contributed by atoms with E-state index >= 15 is 0 Å². The molecule has 2 aromatic rings. The molecule has 1 aliphatic carbocycles. The van der Waals surface area contributed by atoms with Crippen LogP contribution in [0.1, 0.15) is 46.0 Å². The third-order valence-electron chi connectivity index (χ3n) is 4.48. The Morgan fingerprint density at radius 3 is 2.81 bits per heavy atom. The van der Waals surface area contributed by atoms with E-state index in [9.17, 15) is 0 Å². The van der Waals surface area contributed by atoms with Crippen molar-refractivity contribution in [2.75, 3.05) is 17.6 Å². The van der Waals surface area contributed by atoms with Crippen LogP contribution in [0.5, 0.6) is 0 Å². The van der Waals surface area contributed by atoms with Gasteiger partial charge in [0.2, 0.25) is 5.95 Å². The number of fused-ring (bicyclic) bond motifs is 1. The SMILES string of the molecule is CC(C)CC1(CNc2nc(N)nc3sccc23)CCCC1. The van der Waals surface area contributed by atoms with Crippen LogP contribution in [0.25, 0.3) is 10.2 Å². The van der Waals surface area contributed by atoms with Gasteiger partial charge in [-0.3, -0.25) is 0 Å². The van der Waals surface area contributed by atoms with E-state index in [0.29, 0.717) is 11.4 Å². The molecule has 0 atom stereocenters. The maximum atomic E-state index is 5.83. The van der Waals surface area contributed by atoms with Crippen molar-refractivity contribution in [3.8, 4) is 0 Å². The fraction of sp³-hybridized carbons (Fsp3) is 0.625. The van der Waals surface area contributed by atoms with Crippen LogP contribution in [-0.4, -0.2) is 16.5 Å². The van der Waals surface area contributed by atoms with Crippen LogP contribution < -0.4 is 11.1 Å². The molecule has 1 aliphatic rings. The van der Waals surface area contributed by atoms with Gasteiger partial charge in [0.25, 0.3) is 0 Å². The molecule has 0 saturated heterocycles. The van der Waals surface area contributed by atoms with Gasteiger partial charge in [0.1, 0.15) is 10.6 Å². The minimum absolute atomic E-state index is 0.358. The molecule has 4 nitrogen and oxygen atoms in total. The first-order chi connectivity index (χ1) is 10.1. The molecule has 0 bridgehead atoms. The Morgan fingerprint density at radius 1 is 1.33 bits per heavy atom. The zero-order chi connectivity index (χ0) is 14.9. The van der Waals surface area contributed by atoms with Crippen LogP contribution in [0.2, 0.25) is 0 Å². The summed E-state index contributed by atoms with van der Waals surface area (Å²) in [6.45, 7) is 5.63. The molecule has 0 aromatic carbocycles. The second-order valence-electron chi connectivity index (χ2n) is 6.73. The number of nitrogens with two attached hydrogens (primary N) is 1. The monoisotopic (exact) mass is 304 g/mol. The highest BCUT2D eigenvalue weighted by Crippen LogP contribution is 2.43. The molecule has 3 rings (SSSR count). The number of nitrogens with zero attached hydrogens (tertiary/aromatic N) is 2.